The molecule has 1 amide bonds. The van der Waals surface area contributed by atoms with Crippen LogP contribution < -0.4 is 0 Å². The second kappa shape index (κ2) is 5.20. The summed E-state index contributed by atoms with van der Waals surface area (Å²) >= 11 is 0. The maximum Gasteiger partial charge on any atom is 0.270 e. The number of amides is 1. The zero-order valence-electron chi connectivity index (χ0n) is 9.22. The molecule has 0 heterocycles. The van der Waals surface area contributed by atoms with E-state index in [1.165, 1.54) is 18.0 Å². The van der Waals surface area contributed by atoms with Gasteiger partial charge in [0.15, 0.2) is 0 Å². The maximum atomic E-state index is 13.4. The van der Waals surface area contributed by atoms with Crippen molar-refractivity contribution in [3.05, 3.63) is 52.3 Å². The Kier molecular flexibility index (Phi) is 3.92. The minimum Gasteiger partial charge on any atom is -0.338 e. The van der Waals surface area contributed by atoms with E-state index in [4.69, 9.17) is 0 Å². The molecule has 0 N–H and O–H groups in total. The van der Waals surface area contributed by atoms with E-state index in [0.717, 1.165) is 18.2 Å². The van der Waals surface area contributed by atoms with Crippen molar-refractivity contribution in [1.82, 2.24) is 4.90 Å². The monoisotopic (exact) mass is 238 g/mol. The molecule has 0 atom stereocenters. The van der Waals surface area contributed by atoms with Crippen LogP contribution in [0.5, 0.6) is 0 Å². The highest BCUT2D eigenvalue weighted by Gasteiger charge is 2.19. The van der Waals surface area contributed by atoms with Gasteiger partial charge < -0.3 is 4.90 Å². The lowest BCUT2D eigenvalue weighted by Gasteiger charge is -2.14. The maximum absolute atomic E-state index is 13.4. The molecule has 0 fully saturated rings. The molecular weight excluding hydrogens is 227 g/mol. The number of nitrogens with zero attached hydrogens (tertiary/aromatic N) is 2. The molecule has 17 heavy (non-hydrogen) atoms. The summed E-state index contributed by atoms with van der Waals surface area (Å²) in [6.45, 7) is 3.69. The topological polar surface area (TPSA) is 63.5 Å². The number of carbonyl (C=O) groups excluding carboxylic acids is 1. The molecule has 0 spiro atoms. The van der Waals surface area contributed by atoms with Crippen LogP contribution in [0.4, 0.5) is 10.1 Å². The molecule has 0 bridgehead atoms. The Morgan fingerprint density at radius 3 is 2.82 bits per heavy atom. The van der Waals surface area contributed by atoms with Gasteiger partial charge in [-0.15, -0.1) is 6.58 Å². The van der Waals surface area contributed by atoms with Crippen molar-refractivity contribution in [3.8, 4) is 0 Å². The first-order valence-corrected chi connectivity index (χ1v) is 4.77. The number of carbonyl (C=O) groups is 1. The van der Waals surface area contributed by atoms with Gasteiger partial charge in [-0.2, -0.15) is 0 Å². The third-order valence-corrected chi connectivity index (χ3v) is 2.14. The van der Waals surface area contributed by atoms with Crippen LogP contribution in [-0.2, 0) is 0 Å². The summed E-state index contributed by atoms with van der Waals surface area (Å²) in [4.78, 5) is 22.8. The Hall–Kier alpha value is -2.24. The number of non-ortho nitro benzene ring substituents is 1. The van der Waals surface area contributed by atoms with E-state index in [2.05, 4.69) is 6.58 Å². The zero-order chi connectivity index (χ0) is 13.0. The molecule has 0 saturated heterocycles. The third kappa shape index (κ3) is 2.87. The first kappa shape index (κ1) is 12.8. The second-order valence-electron chi connectivity index (χ2n) is 3.40. The van der Waals surface area contributed by atoms with Crippen LogP contribution in [0.15, 0.2) is 30.9 Å². The molecule has 0 aliphatic heterocycles. The van der Waals surface area contributed by atoms with E-state index in [1.54, 1.807) is 0 Å². The first-order chi connectivity index (χ1) is 7.97. The predicted molar refractivity (Wildman–Crippen MR) is 60.2 cm³/mol. The molecule has 1 aromatic carbocycles. The highest BCUT2D eigenvalue weighted by molar-refractivity contribution is 5.95. The number of hydrogen-bond acceptors (Lipinski definition) is 3. The molecule has 0 saturated carbocycles. The fraction of sp³-hybridized carbons (Fsp3) is 0.182. The molecule has 1 rings (SSSR count). The van der Waals surface area contributed by atoms with Crippen molar-refractivity contribution in [2.75, 3.05) is 13.6 Å². The van der Waals surface area contributed by atoms with E-state index in [0.29, 0.717) is 0 Å². The van der Waals surface area contributed by atoms with Gasteiger partial charge in [-0.1, -0.05) is 6.08 Å². The fourth-order valence-electron chi connectivity index (χ4n) is 1.27. The fourth-order valence-corrected chi connectivity index (χ4v) is 1.27. The van der Waals surface area contributed by atoms with Gasteiger partial charge in [0, 0.05) is 25.7 Å². The average molecular weight is 238 g/mol. The molecule has 0 aliphatic carbocycles. The van der Waals surface area contributed by atoms with E-state index in [-0.39, 0.29) is 17.8 Å². The average Bonchev–Trinajstić information content (AvgIpc) is 2.28. The second-order valence-corrected chi connectivity index (χ2v) is 3.40. The zero-order valence-corrected chi connectivity index (χ0v) is 9.22. The number of nitro benzene ring substituents is 1. The van der Waals surface area contributed by atoms with E-state index in [9.17, 15) is 19.3 Å². The molecule has 0 unspecified atom stereocenters. The van der Waals surface area contributed by atoms with Gasteiger partial charge in [0.2, 0.25) is 0 Å². The van der Waals surface area contributed by atoms with Gasteiger partial charge in [-0.05, 0) is 6.07 Å². The van der Waals surface area contributed by atoms with Crippen LogP contribution in [0.1, 0.15) is 10.4 Å². The van der Waals surface area contributed by atoms with Crippen LogP contribution in [0, 0.1) is 15.9 Å². The first-order valence-electron chi connectivity index (χ1n) is 4.77. The molecule has 1 aromatic rings. The van der Waals surface area contributed by atoms with E-state index >= 15 is 0 Å². The summed E-state index contributed by atoms with van der Waals surface area (Å²) in [6.07, 6.45) is 1.48. The quantitative estimate of drug-likeness (QED) is 0.457. The standard InChI is InChI=1S/C11H11FN2O3/c1-3-6-13(2)11(15)9-7-8(14(16)17)4-5-10(9)12/h3-5,7H,1,6H2,2H3. The van der Waals surface area contributed by atoms with Crippen molar-refractivity contribution in [3.63, 3.8) is 0 Å². The summed E-state index contributed by atoms with van der Waals surface area (Å²) < 4.78 is 13.4. The molecule has 0 aromatic heterocycles. The van der Waals surface area contributed by atoms with Crippen molar-refractivity contribution >= 4 is 11.6 Å². The Bertz CT molecular complexity index is 474. The lowest BCUT2D eigenvalue weighted by atomic mass is 10.1. The largest absolute Gasteiger partial charge is 0.338 e. The number of rotatable bonds is 4. The van der Waals surface area contributed by atoms with Crippen molar-refractivity contribution in [2.45, 2.75) is 0 Å². The predicted octanol–water partition coefficient (Wildman–Crippen LogP) is 1.99. The molecule has 0 radical (unpaired) electrons. The Morgan fingerprint density at radius 2 is 2.29 bits per heavy atom. The summed E-state index contributed by atoms with van der Waals surface area (Å²) in [5, 5.41) is 10.5. The van der Waals surface area contributed by atoms with Crippen LogP contribution >= 0.6 is 0 Å². The number of benzene rings is 1. The van der Waals surface area contributed by atoms with E-state index < -0.39 is 16.6 Å². The van der Waals surface area contributed by atoms with Gasteiger partial charge in [0.05, 0.1) is 10.5 Å². The minimum absolute atomic E-state index is 0.237. The number of halogens is 1. The Balaban J connectivity index is 3.11. The van der Waals surface area contributed by atoms with Crippen molar-refractivity contribution in [1.29, 1.82) is 0 Å². The smallest absolute Gasteiger partial charge is 0.270 e. The number of hydrogen-bond donors (Lipinski definition) is 0. The van der Waals surface area contributed by atoms with E-state index in [1.807, 2.05) is 0 Å². The Labute approximate surface area is 97.3 Å². The third-order valence-electron chi connectivity index (χ3n) is 2.14. The van der Waals surface area contributed by atoms with Crippen molar-refractivity contribution in [2.24, 2.45) is 0 Å². The Morgan fingerprint density at radius 1 is 1.65 bits per heavy atom. The number of likely N-dealkylation sites (N-methyl/N-ethyl adjacent to an activating group) is 1. The van der Waals surface area contributed by atoms with Crippen LogP contribution in [-0.4, -0.2) is 29.3 Å². The summed E-state index contributed by atoms with van der Waals surface area (Å²) in [7, 11) is 1.46. The summed E-state index contributed by atoms with van der Waals surface area (Å²) in [6, 6.07) is 2.85. The normalized spacial score (nSPS) is 9.76. The highest BCUT2D eigenvalue weighted by Crippen LogP contribution is 2.18. The van der Waals surface area contributed by atoms with Gasteiger partial charge in [0.25, 0.3) is 11.6 Å². The lowest BCUT2D eigenvalue weighted by molar-refractivity contribution is -0.384. The van der Waals surface area contributed by atoms with Gasteiger partial charge in [-0.25, -0.2) is 4.39 Å². The molecule has 5 nitrogen and oxygen atoms in total. The molecule has 90 valence electrons. The van der Waals surface area contributed by atoms with Gasteiger partial charge in [0.1, 0.15) is 5.82 Å². The van der Waals surface area contributed by atoms with Crippen molar-refractivity contribution < 1.29 is 14.1 Å². The molecule has 6 heteroatoms. The highest BCUT2D eigenvalue weighted by atomic mass is 19.1. The molecular formula is C11H11FN2O3. The summed E-state index contributed by atoms with van der Waals surface area (Å²) in [5.41, 5.74) is -0.634. The van der Waals surface area contributed by atoms with Crippen LogP contribution in [0.2, 0.25) is 0 Å². The van der Waals surface area contributed by atoms with Gasteiger partial charge in [-0.3, -0.25) is 14.9 Å². The summed E-state index contributed by atoms with van der Waals surface area (Å²) in [5.74, 6) is -1.40. The van der Waals surface area contributed by atoms with Gasteiger partial charge >= 0.3 is 0 Å². The minimum atomic E-state index is -0.781. The lowest BCUT2D eigenvalue weighted by Crippen LogP contribution is -2.27. The SMILES string of the molecule is C=CCN(C)C(=O)c1cc([N+](=O)[O-])ccc1F. The van der Waals surface area contributed by atoms with Crippen LogP contribution in [0.3, 0.4) is 0 Å². The molecule has 0 aliphatic rings. The van der Waals surface area contributed by atoms with Crippen LogP contribution in [0.25, 0.3) is 0 Å². The number of nitro groups is 1.